The molecule has 0 bridgehead atoms. The van der Waals surface area contributed by atoms with Crippen molar-refractivity contribution < 1.29 is 9.18 Å². The predicted octanol–water partition coefficient (Wildman–Crippen LogP) is 5.05. The molecule has 3 unspecified atom stereocenters. The molecule has 2 aromatic rings. The van der Waals surface area contributed by atoms with Gasteiger partial charge in [-0.15, -0.1) is 0 Å². The third-order valence-corrected chi connectivity index (χ3v) is 6.01. The van der Waals surface area contributed by atoms with E-state index in [1.165, 1.54) is 44.2 Å². The van der Waals surface area contributed by atoms with E-state index in [9.17, 15) is 9.18 Å². The third kappa shape index (κ3) is 4.29. The van der Waals surface area contributed by atoms with E-state index in [2.05, 4.69) is 15.6 Å². The lowest BCUT2D eigenvalue weighted by Crippen LogP contribution is -2.41. The summed E-state index contributed by atoms with van der Waals surface area (Å²) in [6.07, 6.45) is 10.3. The monoisotopic (exact) mass is 367 g/mol. The van der Waals surface area contributed by atoms with Crippen LogP contribution < -0.4 is 10.6 Å². The van der Waals surface area contributed by atoms with Crippen LogP contribution in [0.4, 0.5) is 15.9 Å². The average Bonchev–Trinajstić information content (AvgIpc) is 2.68. The van der Waals surface area contributed by atoms with Crippen molar-refractivity contribution in [3.05, 3.63) is 54.0 Å². The summed E-state index contributed by atoms with van der Waals surface area (Å²) in [5.41, 5.74) is 1.07. The third-order valence-electron chi connectivity index (χ3n) is 6.01. The highest BCUT2D eigenvalue weighted by Crippen LogP contribution is 2.40. The summed E-state index contributed by atoms with van der Waals surface area (Å²) in [5, 5.41) is 6.28. The van der Waals surface area contributed by atoms with E-state index in [4.69, 9.17) is 0 Å². The summed E-state index contributed by atoms with van der Waals surface area (Å²) >= 11 is 0. The van der Waals surface area contributed by atoms with Gasteiger partial charge in [0.15, 0.2) is 0 Å². The molecule has 1 aromatic heterocycles. The first-order chi connectivity index (χ1) is 13.2. The molecule has 5 heteroatoms. The predicted molar refractivity (Wildman–Crippen MR) is 104 cm³/mol. The van der Waals surface area contributed by atoms with E-state index < -0.39 is 0 Å². The molecule has 27 heavy (non-hydrogen) atoms. The van der Waals surface area contributed by atoms with Gasteiger partial charge in [-0.2, -0.15) is 0 Å². The maximum Gasteiger partial charge on any atom is 0.255 e. The molecule has 2 aliphatic rings. The van der Waals surface area contributed by atoms with Crippen LogP contribution in [0, 0.1) is 17.7 Å². The number of amides is 1. The number of aromatic nitrogens is 1. The van der Waals surface area contributed by atoms with Gasteiger partial charge in [0.1, 0.15) is 11.6 Å². The Morgan fingerprint density at radius 1 is 1.04 bits per heavy atom. The first-order valence-corrected chi connectivity index (χ1v) is 9.97. The number of hydrogen-bond donors (Lipinski definition) is 2. The number of carbonyl (C=O) groups excluding carboxylic acids is 1. The standard InChI is InChI=1S/C22H26FN3O/c23-17-7-3-8-18(14-17)25-21-20(9-4-12-24-21)22(27)26-19-11-10-15-5-1-2-6-16(15)13-19/h3-4,7-9,12,14-16,19H,1-2,5-6,10-11,13H2,(H,24,25)(H,26,27). The van der Waals surface area contributed by atoms with Crippen LogP contribution in [0.1, 0.15) is 55.3 Å². The number of pyridine rings is 1. The highest BCUT2D eigenvalue weighted by molar-refractivity contribution is 5.99. The van der Waals surface area contributed by atoms with E-state index in [0.717, 1.165) is 24.7 Å². The van der Waals surface area contributed by atoms with E-state index in [-0.39, 0.29) is 17.8 Å². The first kappa shape index (κ1) is 18.0. The number of rotatable bonds is 4. The van der Waals surface area contributed by atoms with Crippen molar-refractivity contribution in [2.75, 3.05) is 5.32 Å². The zero-order valence-corrected chi connectivity index (χ0v) is 15.5. The van der Waals surface area contributed by atoms with Gasteiger partial charge in [-0.25, -0.2) is 9.37 Å². The molecule has 2 aliphatic carbocycles. The Bertz CT molecular complexity index is 810. The van der Waals surface area contributed by atoms with Crippen molar-refractivity contribution in [2.24, 2.45) is 11.8 Å². The molecule has 1 aromatic carbocycles. The Balaban J connectivity index is 1.44. The van der Waals surface area contributed by atoms with Gasteiger partial charge in [-0.3, -0.25) is 4.79 Å². The van der Waals surface area contributed by atoms with Crippen molar-refractivity contribution >= 4 is 17.4 Å². The molecule has 0 aliphatic heterocycles. The van der Waals surface area contributed by atoms with Crippen molar-refractivity contribution in [1.82, 2.24) is 10.3 Å². The number of nitrogens with one attached hydrogen (secondary N) is 2. The molecule has 2 N–H and O–H groups in total. The van der Waals surface area contributed by atoms with E-state index in [1.54, 1.807) is 30.5 Å². The molecular formula is C22H26FN3O. The molecule has 2 saturated carbocycles. The summed E-state index contributed by atoms with van der Waals surface area (Å²) < 4.78 is 13.4. The lowest BCUT2D eigenvalue weighted by Gasteiger charge is -2.39. The van der Waals surface area contributed by atoms with Gasteiger partial charge < -0.3 is 10.6 Å². The summed E-state index contributed by atoms with van der Waals surface area (Å²) in [4.78, 5) is 17.2. The Labute approximate surface area is 159 Å². The van der Waals surface area contributed by atoms with E-state index in [1.807, 2.05) is 0 Å². The maximum atomic E-state index is 13.4. The first-order valence-electron chi connectivity index (χ1n) is 9.97. The van der Waals surface area contributed by atoms with Crippen LogP contribution in [0.5, 0.6) is 0 Å². The van der Waals surface area contributed by atoms with Crippen LogP contribution in [-0.2, 0) is 0 Å². The van der Waals surface area contributed by atoms with Crippen LogP contribution in [0.2, 0.25) is 0 Å². The second-order valence-corrected chi connectivity index (χ2v) is 7.82. The molecule has 1 amide bonds. The minimum absolute atomic E-state index is 0.110. The second kappa shape index (κ2) is 8.07. The normalized spacial score (nSPS) is 24.7. The summed E-state index contributed by atoms with van der Waals surface area (Å²) in [5.74, 6) is 1.63. The molecule has 1 heterocycles. The van der Waals surface area contributed by atoms with Crippen LogP contribution in [0.15, 0.2) is 42.6 Å². The maximum absolute atomic E-state index is 13.4. The van der Waals surface area contributed by atoms with E-state index in [0.29, 0.717) is 17.1 Å². The molecule has 2 fully saturated rings. The van der Waals surface area contributed by atoms with Gasteiger partial charge in [-0.1, -0.05) is 31.7 Å². The van der Waals surface area contributed by atoms with Crippen molar-refractivity contribution in [3.63, 3.8) is 0 Å². The Morgan fingerprint density at radius 2 is 1.89 bits per heavy atom. The molecule has 0 saturated heterocycles. The summed E-state index contributed by atoms with van der Waals surface area (Å²) in [6, 6.07) is 9.91. The van der Waals surface area contributed by atoms with Crippen LogP contribution >= 0.6 is 0 Å². The molecule has 3 atom stereocenters. The number of benzene rings is 1. The molecule has 0 radical (unpaired) electrons. The number of fused-ring (bicyclic) bond motifs is 1. The van der Waals surface area contributed by atoms with E-state index >= 15 is 0 Å². The molecule has 4 nitrogen and oxygen atoms in total. The molecule has 0 spiro atoms. The Morgan fingerprint density at radius 3 is 2.74 bits per heavy atom. The highest BCUT2D eigenvalue weighted by atomic mass is 19.1. The van der Waals surface area contributed by atoms with Crippen molar-refractivity contribution in [3.8, 4) is 0 Å². The summed E-state index contributed by atoms with van der Waals surface area (Å²) in [7, 11) is 0. The molecule has 142 valence electrons. The fraction of sp³-hybridized carbons (Fsp3) is 0.455. The van der Waals surface area contributed by atoms with Crippen LogP contribution in [0.3, 0.4) is 0 Å². The smallest absolute Gasteiger partial charge is 0.255 e. The SMILES string of the molecule is O=C(NC1CCC2CCCCC2C1)c1cccnc1Nc1cccc(F)c1. The summed E-state index contributed by atoms with van der Waals surface area (Å²) in [6.45, 7) is 0. The van der Waals surface area contributed by atoms with Gasteiger partial charge in [-0.05, 0) is 61.4 Å². The lowest BCUT2D eigenvalue weighted by molar-refractivity contribution is 0.0880. The van der Waals surface area contributed by atoms with Crippen molar-refractivity contribution in [2.45, 2.75) is 51.0 Å². The van der Waals surface area contributed by atoms with Gasteiger partial charge in [0.05, 0.1) is 5.56 Å². The van der Waals surface area contributed by atoms with Gasteiger partial charge in [0.25, 0.3) is 5.91 Å². The second-order valence-electron chi connectivity index (χ2n) is 7.82. The Hall–Kier alpha value is -2.43. The number of nitrogens with zero attached hydrogens (tertiary/aromatic N) is 1. The van der Waals surface area contributed by atoms with Gasteiger partial charge in [0, 0.05) is 17.9 Å². The molecular weight excluding hydrogens is 341 g/mol. The number of carbonyl (C=O) groups is 1. The van der Waals surface area contributed by atoms with Gasteiger partial charge in [0.2, 0.25) is 0 Å². The lowest BCUT2D eigenvalue weighted by atomic mass is 9.69. The number of anilines is 2. The zero-order chi connectivity index (χ0) is 18.6. The fourth-order valence-electron chi connectivity index (χ4n) is 4.66. The number of hydrogen-bond acceptors (Lipinski definition) is 3. The number of halogens is 1. The Kier molecular flexibility index (Phi) is 5.37. The van der Waals surface area contributed by atoms with Crippen LogP contribution in [-0.4, -0.2) is 16.9 Å². The average molecular weight is 367 g/mol. The fourth-order valence-corrected chi connectivity index (χ4v) is 4.66. The molecule has 4 rings (SSSR count). The highest BCUT2D eigenvalue weighted by Gasteiger charge is 2.33. The topological polar surface area (TPSA) is 54.0 Å². The minimum atomic E-state index is -0.328. The van der Waals surface area contributed by atoms with Crippen molar-refractivity contribution in [1.29, 1.82) is 0 Å². The largest absolute Gasteiger partial charge is 0.349 e. The quantitative estimate of drug-likeness (QED) is 0.795. The van der Waals surface area contributed by atoms with Gasteiger partial charge >= 0.3 is 0 Å². The minimum Gasteiger partial charge on any atom is -0.349 e. The van der Waals surface area contributed by atoms with Crippen LogP contribution in [0.25, 0.3) is 0 Å². The zero-order valence-electron chi connectivity index (χ0n) is 15.5.